The van der Waals surface area contributed by atoms with Crippen molar-refractivity contribution >= 4 is 0 Å². The summed E-state index contributed by atoms with van der Waals surface area (Å²) in [5.74, 6) is 1.54. The van der Waals surface area contributed by atoms with Gasteiger partial charge in [0, 0.05) is 5.56 Å². The van der Waals surface area contributed by atoms with Crippen molar-refractivity contribution < 1.29 is 9.15 Å². The van der Waals surface area contributed by atoms with Gasteiger partial charge in [0.05, 0.1) is 0 Å². The van der Waals surface area contributed by atoms with E-state index in [9.17, 15) is 0 Å². The van der Waals surface area contributed by atoms with Gasteiger partial charge in [-0.1, -0.05) is 24.3 Å². The third-order valence-electron chi connectivity index (χ3n) is 4.03. The first-order valence-electron chi connectivity index (χ1n) is 7.63. The number of ether oxygens (including phenoxy) is 1. The summed E-state index contributed by atoms with van der Waals surface area (Å²) in [4.78, 5) is 4.48. The van der Waals surface area contributed by atoms with Crippen molar-refractivity contribution in [1.29, 1.82) is 0 Å². The second kappa shape index (κ2) is 5.68. The van der Waals surface area contributed by atoms with Crippen LogP contribution in [-0.2, 0) is 19.4 Å². The first-order valence-corrected chi connectivity index (χ1v) is 7.63. The molecule has 0 atom stereocenters. The van der Waals surface area contributed by atoms with E-state index in [-0.39, 0.29) is 0 Å². The smallest absolute Gasteiger partial charge is 0.226 e. The molecule has 1 heterocycles. The topological polar surface area (TPSA) is 35.3 Å². The second-order valence-corrected chi connectivity index (χ2v) is 5.58. The molecule has 3 heteroatoms. The number of aryl methyl sites for hydroxylation is 2. The maximum Gasteiger partial charge on any atom is 0.226 e. The van der Waals surface area contributed by atoms with Gasteiger partial charge in [0.15, 0.2) is 0 Å². The van der Waals surface area contributed by atoms with Gasteiger partial charge in [-0.3, -0.25) is 0 Å². The monoisotopic (exact) mass is 291 g/mol. The van der Waals surface area contributed by atoms with Gasteiger partial charge >= 0.3 is 0 Å². The lowest BCUT2D eigenvalue weighted by atomic mass is 10.1. The van der Waals surface area contributed by atoms with Crippen LogP contribution < -0.4 is 4.74 Å². The van der Waals surface area contributed by atoms with E-state index >= 15 is 0 Å². The third kappa shape index (κ3) is 2.62. The number of nitrogens with zero attached hydrogens (tertiary/aromatic N) is 1. The maximum atomic E-state index is 5.84. The zero-order chi connectivity index (χ0) is 14.8. The summed E-state index contributed by atoms with van der Waals surface area (Å²) in [5, 5.41) is 0. The Labute approximate surface area is 129 Å². The predicted octanol–water partition coefficient (Wildman–Crippen LogP) is 4.41. The minimum atomic E-state index is 0.426. The van der Waals surface area contributed by atoms with Gasteiger partial charge in [0.25, 0.3) is 0 Å². The van der Waals surface area contributed by atoms with Gasteiger partial charge < -0.3 is 9.15 Å². The molecule has 1 aliphatic carbocycles. The molecule has 22 heavy (non-hydrogen) atoms. The molecule has 110 valence electrons. The van der Waals surface area contributed by atoms with Gasteiger partial charge in [-0.25, -0.2) is 4.98 Å². The number of benzene rings is 2. The molecular formula is C19H17NO2. The molecule has 0 saturated heterocycles. The first kappa shape index (κ1) is 13.1. The van der Waals surface area contributed by atoms with E-state index in [1.807, 2.05) is 36.4 Å². The average Bonchev–Trinajstić information content (AvgIpc) is 3.22. The van der Waals surface area contributed by atoms with E-state index in [4.69, 9.17) is 9.15 Å². The van der Waals surface area contributed by atoms with Gasteiger partial charge in [-0.15, -0.1) is 0 Å². The van der Waals surface area contributed by atoms with Crippen LogP contribution in [0.25, 0.3) is 11.5 Å². The van der Waals surface area contributed by atoms with Crippen LogP contribution in [0.15, 0.2) is 59.2 Å². The summed E-state index contributed by atoms with van der Waals surface area (Å²) in [6.45, 7) is 0.426. The Kier molecular flexibility index (Phi) is 3.39. The van der Waals surface area contributed by atoms with Gasteiger partial charge in [-0.05, 0) is 54.7 Å². The van der Waals surface area contributed by atoms with Crippen molar-refractivity contribution in [2.24, 2.45) is 0 Å². The van der Waals surface area contributed by atoms with Crippen LogP contribution in [0.5, 0.6) is 5.75 Å². The molecule has 0 bridgehead atoms. The molecule has 0 saturated carbocycles. The molecule has 0 radical (unpaired) electrons. The van der Waals surface area contributed by atoms with E-state index < -0.39 is 0 Å². The van der Waals surface area contributed by atoms with Crippen molar-refractivity contribution in [3.8, 4) is 17.2 Å². The lowest BCUT2D eigenvalue weighted by Gasteiger charge is -2.06. The Balaban J connectivity index is 1.45. The third-order valence-corrected chi connectivity index (χ3v) is 4.03. The minimum absolute atomic E-state index is 0.426. The maximum absolute atomic E-state index is 5.84. The van der Waals surface area contributed by atoms with E-state index in [0.717, 1.165) is 23.4 Å². The highest BCUT2D eigenvalue weighted by atomic mass is 16.5. The van der Waals surface area contributed by atoms with Crippen molar-refractivity contribution in [2.75, 3.05) is 0 Å². The molecular weight excluding hydrogens is 274 g/mol. The van der Waals surface area contributed by atoms with Gasteiger partial charge in [0.2, 0.25) is 5.89 Å². The molecule has 3 nitrogen and oxygen atoms in total. The number of fused-ring (bicyclic) bond motifs is 1. The number of rotatable bonds is 4. The molecule has 0 amide bonds. The van der Waals surface area contributed by atoms with Crippen LogP contribution in [0.4, 0.5) is 0 Å². The highest BCUT2D eigenvalue weighted by Gasteiger charge is 2.12. The van der Waals surface area contributed by atoms with E-state index in [0.29, 0.717) is 12.5 Å². The quantitative estimate of drug-likeness (QED) is 0.714. The van der Waals surface area contributed by atoms with E-state index in [2.05, 4.69) is 17.1 Å². The number of hydrogen-bond acceptors (Lipinski definition) is 3. The number of aromatic nitrogens is 1. The SMILES string of the molecule is c1ccc(-c2nc(COc3ccc4c(c3)CCC4)co2)cc1. The molecule has 4 rings (SSSR count). The zero-order valence-corrected chi connectivity index (χ0v) is 12.3. The molecule has 1 aromatic heterocycles. The van der Waals surface area contributed by atoms with Crippen molar-refractivity contribution in [3.63, 3.8) is 0 Å². The van der Waals surface area contributed by atoms with Crippen LogP contribution in [0.3, 0.4) is 0 Å². The van der Waals surface area contributed by atoms with Gasteiger partial charge in [0.1, 0.15) is 24.3 Å². The summed E-state index contributed by atoms with van der Waals surface area (Å²) in [7, 11) is 0. The summed E-state index contributed by atoms with van der Waals surface area (Å²) in [6, 6.07) is 16.3. The largest absolute Gasteiger partial charge is 0.487 e. The fourth-order valence-corrected chi connectivity index (χ4v) is 2.88. The Morgan fingerprint density at radius 2 is 1.86 bits per heavy atom. The molecule has 3 aromatic rings. The van der Waals surface area contributed by atoms with Crippen LogP contribution in [0.1, 0.15) is 23.2 Å². The van der Waals surface area contributed by atoms with Crippen molar-refractivity contribution in [1.82, 2.24) is 4.98 Å². The molecule has 0 spiro atoms. The first-order chi connectivity index (χ1) is 10.9. The van der Waals surface area contributed by atoms with Crippen LogP contribution in [0.2, 0.25) is 0 Å². The average molecular weight is 291 g/mol. The normalized spacial score (nSPS) is 13.1. The van der Waals surface area contributed by atoms with Crippen LogP contribution in [0, 0.1) is 0 Å². The lowest BCUT2D eigenvalue weighted by Crippen LogP contribution is -1.96. The summed E-state index contributed by atoms with van der Waals surface area (Å²) in [6.07, 6.45) is 5.27. The zero-order valence-electron chi connectivity index (χ0n) is 12.3. The number of hydrogen-bond donors (Lipinski definition) is 0. The fraction of sp³-hybridized carbons (Fsp3) is 0.211. The Hall–Kier alpha value is -2.55. The molecule has 0 unspecified atom stereocenters. The highest BCUT2D eigenvalue weighted by molar-refractivity contribution is 5.52. The predicted molar refractivity (Wildman–Crippen MR) is 84.7 cm³/mol. The second-order valence-electron chi connectivity index (χ2n) is 5.58. The van der Waals surface area contributed by atoms with Gasteiger partial charge in [-0.2, -0.15) is 0 Å². The molecule has 2 aromatic carbocycles. The van der Waals surface area contributed by atoms with Crippen LogP contribution in [-0.4, -0.2) is 4.98 Å². The summed E-state index contributed by atoms with van der Waals surface area (Å²) in [5.41, 5.74) is 4.66. The van der Waals surface area contributed by atoms with Crippen molar-refractivity contribution in [2.45, 2.75) is 25.9 Å². The Morgan fingerprint density at radius 3 is 2.77 bits per heavy atom. The molecule has 0 fully saturated rings. The number of oxazole rings is 1. The lowest BCUT2D eigenvalue weighted by molar-refractivity contribution is 0.300. The molecule has 0 N–H and O–H groups in total. The standard InChI is InChI=1S/C19H17NO2/c1-2-5-15(6-3-1)19-20-17(13-22-19)12-21-18-10-9-14-7-4-8-16(14)11-18/h1-3,5-6,9-11,13H,4,7-8,12H2. The Bertz CT molecular complexity index is 777. The van der Waals surface area contributed by atoms with E-state index in [1.165, 1.54) is 24.0 Å². The summed E-state index contributed by atoms with van der Waals surface area (Å²) >= 11 is 0. The van der Waals surface area contributed by atoms with Crippen LogP contribution >= 0.6 is 0 Å². The Morgan fingerprint density at radius 1 is 1.00 bits per heavy atom. The van der Waals surface area contributed by atoms with Crippen molar-refractivity contribution in [3.05, 3.63) is 71.6 Å². The van der Waals surface area contributed by atoms with E-state index in [1.54, 1.807) is 6.26 Å². The highest BCUT2D eigenvalue weighted by Crippen LogP contribution is 2.26. The molecule has 0 aliphatic heterocycles. The molecule has 1 aliphatic rings. The fourth-order valence-electron chi connectivity index (χ4n) is 2.88. The minimum Gasteiger partial charge on any atom is -0.487 e. The summed E-state index contributed by atoms with van der Waals surface area (Å²) < 4.78 is 11.4.